The Balaban J connectivity index is 2.05. The topological polar surface area (TPSA) is 127 Å². The quantitative estimate of drug-likeness (QED) is 0.185. The molecule has 3 N–H and O–H groups in total. The molecule has 0 unspecified atom stereocenters. The second kappa shape index (κ2) is 14.7. The smallest absolute Gasteiger partial charge is 0.308 e. The summed E-state index contributed by atoms with van der Waals surface area (Å²) in [6.45, 7) is 19.9. The summed E-state index contributed by atoms with van der Waals surface area (Å²) in [6, 6.07) is 12.5. The van der Waals surface area contributed by atoms with E-state index in [-0.39, 0.29) is 17.8 Å². The van der Waals surface area contributed by atoms with Gasteiger partial charge in [0.25, 0.3) is 0 Å². The number of oxime groups is 1. The number of aliphatic hydroxyl groups excluding tert-OH is 1. The third-order valence-corrected chi connectivity index (χ3v) is 15.3. The maximum Gasteiger partial charge on any atom is 0.308 e. The molecule has 2 aliphatic heterocycles. The Morgan fingerprint density at radius 2 is 1.61 bits per heavy atom. The minimum Gasteiger partial charge on any atom is -0.481 e. The zero-order valence-electron chi connectivity index (χ0n) is 28.4. The lowest BCUT2D eigenvalue weighted by molar-refractivity contribution is -0.308. The maximum absolute atomic E-state index is 12.3. The third kappa shape index (κ3) is 7.42. The molecule has 1 saturated heterocycles. The fourth-order valence-corrected chi connectivity index (χ4v) is 10.6. The number of carboxylic acids is 1. The van der Waals surface area contributed by atoms with Gasteiger partial charge < -0.3 is 34.1 Å². The average molecular weight is 636 g/mol. The first kappa shape index (κ1) is 36.6. The van der Waals surface area contributed by atoms with Crippen molar-refractivity contribution >= 4 is 20.0 Å². The number of rotatable bonds is 15. The molecule has 0 bridgehead atoms. The van der Waals surface area contributed by atoms with Crippen LogP contribution in [0.4, 0.5) is 0 Å². The van der Waals surface area contributed by atoms with E-state index in [9.17, 15) is 20.1 Å². The molecular weight excluding hydrogens is 578 g/mol. The van der Waals surface area contributed by atoms with Gasteiger partial charge in [-0.3, -0.25) is 4.79 Å². The lowest BCUT2D eigenvalue weighted by atomic mass is 9.74. The Bertz CT molecular complexity index is 1100. The molecule has 44 heavy (non-hydrogen) atoms. The summed E-state index contributed by atoms with van der Waals surface area (Å²) < 4.78 is 20.6. The van der Waals surface area contributed by atoms with E-state index in [2.05, 4.69) is 39.8 Å². The van der Waals surface area contributed by atoms with Crippen molar-refractivity contribution in [3.05, 3.63) is 35.9 Å². The molecule has 0 amide bonds. The fourth-order valence-electron chi connectivity index (χ4n) is 7.50. The molecule has 250 valence electrons. The van der Waals surface area contributed by atoms with Crippen molar-refractivity contribution in [1.82, 2.24) is 0 Å². The van der Waals surface area contributed by atoms with E-state index in [1.807, 2.05) is 51.1 Å². The van der Waals surface area contributed by atoms with Crippen molar-refractivity contribution in [3.8, 4) is 0 Å². The Hall–Kier alpha value is -1.82. The van der Waals surface area contributed by atoms with E-state index in [1.54, 1.807) is 13.8 Å². The van der Waals surface area contributed by atoms with Gasteiger partial charge in [0.2, 0.25) is 0 Å². The minimum atomic E-state index is -2.21. The molecule has 1 fully saturated rings. The standard InChI is InChI=1S/C34H57NO8Si/c1-11-26(36)34(10,39)30-22(6)27(35-42-30)21(5)20-33(9,43-44(12-2,13-3)14-4)29-23(7)28(24(8)31(37)38)40-32(41-29)25-18-16-15-17-19-25/h15-19,21-24,26,28-30,32,36,39H,11-14,20H2,1-10H3,(H,37,38)/t21-,22+,23+,24-,26-,28-,29-,30-,32-,33-,34-/m1/s1. The molecule has 2 heterocycles. The monoisotopic (exact) mass is 635 g/mol. The molecule has 2 aliphatic rings. The highest BCUT2D eigenvalue weighted by molar-refractivity contribution is 6.73. The fraction of sp³-hybridized carbons (Fsp3) is 0.765. The largest absolute Gasteiger partial charge is 0.481 e. The first-order valence-electron chi connectivity index (χ1n) is 16.5. The Kier molecular flexibility index (Phi) is 12.3. The lowest BCUT2D eigenvalue weighted by Gasteiger charge is -2.52. The van der Waals surface area contributed by atoms with Crippen molar-refractivity contribution in [2.45, 2.75) is 142 Å². The number of aliphatic hydroxyl groups is 2. The van der Waals surface area contributed by atoms with Crippen LogP contribution in [-0.4, -0.2) is 70.9 Å². The zero-order valence-corrected chi connectivity index (χ0v) is 29.4. The van der Waals surface area contributed by atoms with Gasteiger partial charge in [0, 0.05) is 23.3 Å². The van der Waals surface area contributed by atoms with Gasteiger partial charge in [-0.2, -0.15) is 0 Å². The summed E-state index contributed by atoms with van der Waals surface area (Å²) in [7, 11) is -2.21. The summed E-state index contributed by atoms with van der Waals surface area (Å²) in [5.41, 5.74) is -0.643. The van der Waals surface area contributed by atoms with E-state index in [0.29, 0.717) is 12.8 Å². The van der Waals surface area contributed by atoms with Gasteiger partial charge >= 0.3 is 5.97 Å². The second-order valence-electron chi connectivity index (χ2n) is 13.6. The molecule has 1 aromatic rings. The maximum atomic E-state index is 12.3. The van der Waals surface area contributed by atoms with Crippen molar-refractivity contribution in [3.63, 3.8) is 0 Å². The van der Waals surface area contributed by atoms with E-state index in [0.717, 1.165) is 29.4 Å². The molecule has 9 nitrogen and oxygen atoms in total. The lowest BCUT2D eigenvalue weighted by Crippen LogP contribution is -2.60. The van der Waals surface area contributed by atoms with Gasteiger partial charge in [-0.1, -0.05) is 84.0 Å². The number of benzene rings is 1. The molecule has 0 aliphatic carbocycles. The van der Waals surface area contributed by atoms with E-state index >= 15 is 0 Å². The molecule has 10 heteroatoms. The summed E-state index contributed by atoms with van der Waals surface area (Å²) in [4.78, 5) is 18.1. The van der Waals surface area contributed by atoms with Crippen LogP contribution < -0.4 is 0 Å². The van der Waals surface area contributed by atoms with Crippen LogP contribution >= 0.6 is 0 Å². The van der Waals surface area contributed by atoms with E-state index < -0.39 is 62.1 Å². The van der Waals surface area contributed by atoms with Gasteiger partial charge in [-0.15, -0.1) is 0 Å². The molecule has 0 radical (unpaired) electrons. The first-order valence-corrected chi connectivity index (χ1v) is 19.1. The molecule has 3 rings (SSSR count). The minimum absolute atomic E-state index is 0.115. The van der Waals surface area contributed by atoms with Gasteiger partial charge in [-0.25, -0.2) is 0 Å². The average Bonchev–Trinajstić information content (AvgIpc) is 3.41. The van der Waals surface area contributed by atoms with Crippen molar-refractivity contribution < 1.29 is 38.9 Å². The van der Waals surface area contributed by atoms with Crippen LogP contribution in [0.3, 0.4) is 0 Å². The molecule has 0 aromatic heterocycles. The highest BCUT2D eigenvalue weighted by Gasteiger charge is 2.54. The van der Waals surface area contributed by atoms with Crippen LogP contribution in [0.15, 0.2) is 35.5 Å². The SMILES string of the molecule is CC[C@@H](O)[C@@](C)(O)[C@@H]1ON=C([C@H](C)C[C@@](C)(O[Si](CC)(CC)CC)[C@@H]2O[C@H](c3ccccc3)O[C@@H]([C@@H](C)C(=O)O)[C@@H]2C)[C@@H]1C. The first-order chi connectivity index (χ1) is 20.6. The number of aliphatic carboxylic acids is 1. The normalized spacial score (nSPS) is 30.8. The summed E-state index contributed by atoms with van der Waals surface area (Å²) in [6.07, 6.45) is -2.51. The predicted octanol–water partition coefficient (Wildman–Crippen LogP) is 6.55. The molecular formula is C34H57NO8Si. The van der Waals surface area contributed by atoms with Crippen molar-refractivity contribution in [1.29, 1.82) is 0 Å². The van der Waals surface area contributed by atoms with Gasteiger partial charge in [0.1, 0.15) is 5.60 Å². The van der Waals surface area contributed by atoms with Crippen LogP contribution in [0.1, 0.15) is 93.9 Å². The highest BCUT2D eigenvalue weighted by Crippen LogP contribution is 2.46. The number of carboxylic acid groups (broad SMARTS) is 1. The Labute approximate surface area is 265 Å². The van der Waals surface area contributed by atoms with Crippen LogP contribution in [0, 0.1) is 23.7 Å². The molecule has 1 aromatic carbocycles. The Morgan fingerprint density at radius 3 is 2.14 bits per heavy atom. The third-order valence-electron chi connectivity index (χ3n) is 10.5. The van der Waals surface area contributed by atoms with Crippen LogP contribution in [0.25, 0.3) is 0 Å². The zero-order chi connectivity index (χ0) is 33.0. The molecule has 11 atom stereocenters. The van der Waals surface area contributed by atoms with Crippen molar-refractivity contribution in [2.24, 2.45) is 28.8 Å². The summed E-state index contributed by atoms with van der Waals surface area (Å²) in [5.74, 6) is -2.31. The van der Waals surface area contributed by atoms with E-state index in [1.165, 1.54) is 0 Å². The van der Waals surface area contributed by atoms with Crippen LogP contribution in [-0.2, 0) is 23.5 Å². The van der Waals surface area contributed by atoms with Gasteiger partial charge in [0.05, 0.1) is 35.5 Å². The number of hydrogen-bond acceptors (Lipinski definition) is 8. The number of hydrogen-bond donors (Lipinski definition) is 3. The number of carbonyl (C=O) groups is 1. The molecule has 0 spiro atoms. The molecule has 0 saturated carbocycles. The predicted molar refractivity (Wildman–Crippen MR) is 174 cm³/mol. The number of ether oxygens (including phenoxy) is 2. The van der Waals surface area contributed by atoms with E-state index in [4.69, 9.17) is 18.7 Å². The Morgan fingerprint density at radius 1 is 1.02 bits per heavy atom. The van der Waals surface area contributed by atoms with Crippen LogP contribution in [0.5, 0.6) is 0 Å². The highest BCUT2D eigenvalue weighted by atomic mass is 28.4. The second-order valence-corrected chi connectivity index (χ2v) is 18.3. The summed E-state index contributed by atoms with van der Waals surface area (Å²) >= 11 is 0. The van der Waals surface area contributed by atoms with Crippen molar-refractivity contribution in [2.75, 3.05) is 0 Å². The van der Waals surface area contributed by atoms with Gasteiger partial charge in [0.15, 0.2) is 20.7 Å². The summed E-state index contributed by atoms with van der Waals surface area (Å²) in [5, 5.41) is 36.3. The number of nitrogens with zero attached hydrogens (tertiary/aromatic N) is 1. The van der Waals surface area contributed by atoms with Crippen LogP contribution in [0.2, 0.25) is 18.1 Å². The van der Waals surface area contributed by atoms with Gasteiger partial charge in [-0.05, 0) is 51.7 Å².